The maximum Gasteiger partial charge on any atom is 0.233 e. The largest absolute Gasteiger partial charge is 0.345 e. The highest BCUT2D eigenvalue weighted by Crippen LogP contribution is 2.02. The maximum absolute atomic E-state index is 11.5. The summed E-state index contributed by atoms with van der Waals surface area (Å²) in [4.78, 5) is 22.7. The summed E-state index contributed by atoms with van der Waals surface area (Å²) in [6.45, 7) is 7.11. The number of rotatable bonds is 7. The van der Waals surface area contributed by atoms with Gasteiger partial charge in [0.15, 0.2) is 5.78 Å². The second kappa shape index (κ2) is 7.54. The third-order valence-electron chi connectivity index (χ3n) is 2.15. The standard InChI is InChI=1S/C11H21NO3S/c1-5-6-16(15)7-10(14)12-11(8(2)3)9(4)13/h8,11H,5-7H2,1-4H3,(H,12,14). The molecule has 16 heavy (non-hydrogen) atoms. The summed E-state index contributed by atoms with van der Waals surface area (Å²) >= 11 is 0. The van der Waals surface area contributed by atoms with Gasteiger partial charge in [0.1, 0.15) is 5.75 Å². The van der Waals surface area contributed by atoms with E-state index in [-0.39, 0.29) is 23.4 Å². The quantitative estimate of drug-likeness (QED) is 0.726. The number of nitrogens with one attached hydrogen (secondary N) is 1. The lowest BCUT2D eigenvalue weighted by molar-refractivity contribution is -0.126. The van der Waals surface area contributed by atoms with Crippen LogP contribution < -0.4 is 5.32 Å². The topological polar surface area (TPSA) is 63.2 Å². The molecule has 0 radical (unpaired) electrons. The fourth-order valence-electron chi connectivity index (χ4n) is 1.40. The minimum atomic E-state index is -1.12. The number of ketones is 1. The Hall–Kier alpha value is -0.710. The van der Waals surface area contributed by atoms with Gasteiger partial charge in [-0.1, -0.05) is 20.8 Å². The van der Waals surface area contributed by atoms with Crippen molar-refractivity contribution in [3.8, 4) is 0 Å². The van der Waals surface area contributed by atoms with Gasteiger partial charge in [-0.3, -0.25) is 13.8 Å². The van der Waals surface area contributed by atoms with Crippen molar-refractivity contribution >= 4 is 22.5 Å². The summed E-state index contributed by atoms with van der Waals surface area (Å²) < 4.78 is 11.3. The van der Waals surface area contributed by atoms with Crippen LogP contribution in [0.2, 0.25) is 0 Å². The Morgan fingerprint density at radius 1 is 1.31 bits per heavy atom. The van der Waals surface area contributed by atoms with Crippen LogP contribution >= 0.6 is 0 Å². The Balaban J connectivity index is 4.21. The SMILES string of the molecule is CCCS(=O)CC(=O)NC(C(C)=O)C(C)C. The Bertz CT molecular complexity index is 276. The zero-order valence-electron chi connectivity index (χ0n) is 10.4. The molecular weight excluding hydrogens is 226 g/mol. The van der Waals surface area contributed by atoms with Crippen molar-refractivity contribution in [1.29, 1.82) is 0 Å². The molecule has 0 heterocycles. The monoisotopic (exact) mass is 247 g/mol. The molecule has 0 aliphatic rings. The van der Waals surface area contributed by atoms with E-state index in [0.29, 0.717) is 5.75 Å². The van der Waals surface area contributed by atoms with Gasteiger partial charge >= 0.3 is 0 Å². The Kier molecular flexibility index (Phi) is 7.21. The van der Waals surface area contributed by atoms with E-state index in [9.17, 15) is 13.8 Å². The lowest BCUT2D eigenvalue weighted by Crippen LogP contribution is -2.45. The molecule has 1 N–H and O–H groups in total. The van der Waals surface area contributed by atoms with E-state index in [2.05, 4.69) is 5.32 Å². The van der Waals surface area contributed by atoms with Crippen molar-refractivity contribution in [1.82, 2.24) is 5.32 Å². The van der Waals surface area contributed by atoms with Gasteiger partial charge in [0.2, 0.25) is 5.91 Å². The zero-order valence-corrected chi connectivity index (χ0v) is 11.2. The van der Waals surface area contributed by atoms with Crippen LogP contribution in [0.25, 0.3) is 0 Å². The van der Waals surface area contributed by atoms with Gasteiger partial charge in [-0.15, -0.1) is 0 Å². The van der Waals surface area contributed by atoms with Gasteiger partial charge in [-0.2, -0.15) is 0 Å². The molecule has 0 aromatic rings. The Labute approximate surface area is 99.6 Å². The third kappa shape index (κ3) is 6.00. The molecular formula is C11H21NO3S. The average Bonchev–Trinajstić information content (AvgIpc) is 2.13. The predicted molar refractivity (Wildman–Crippen MR) is 65.6 cm³/mol. The van der Waals surface area contributed by atoms with E-state index in [4.69, 9.17) is 0 Å². The summed E-state index contributed by atoms with van der Waals surface area (Å²) in [5.74, 6) is 0.204. The normalized spacial score (nSPS) is 14.6. The van der Waals surface area contributed by atoms with Gasteiger partial charge in [0.05, 0.1) is 6.04 Å². The molecule has 0 bridgehead atoms. The van der Waals surface area contributed by atoms with Crippen molar-refractivity contribution in [2.24, 2.45) is 5.92 Å². The molecule has 0 aliphatic carbocycles. The van der Waals surface area contributed by atoms with E-state index in [1.807, 2.05) is 20.8 Å². The molecule has 0 aromatic heterocycles. The first-order valence-corrected chi connectivity index (χ1v) is 7.02. The highest BCUT2D eigenvalue weighted by Gasteiger charge is 2.21. The van der Waals surface area contributed by atoms with Gasteiger partial charge in [-0.05, 0) is 19.3 Å². The lowest BCUT2D eigenvalue weighted by Gasteiger charge is -2.19. The highest BCUT2D eigenvalue weighted by molar-refractivity contribution is 7.85. The second-order valence-corrected chi connectivity index (χ2v) is 5.76. The number of amides is 1. The van der Waals surface area contributed by atoms with Crippen molar-refractivity contribution in [3.05, 3.63) is 0 Å². The van der Waals surface area contributed by atoms with Crippen molar-refractivity contribution in [3.63, 3.8) is 0 Å². The number of carbonyl (C=O) groups excluding carboxylic acids is 2. The maximum atomic E-state index is 11.5. The molecule has 2 atom stereocenters. The summed E-state index contributed by atoms with van der Waals surface area (Å²) in [6.07, 6.45) is 0.792. The lowest BCUT2D eigenvalue weighted by atomic mass is 10.0. The van der Waals surface area contributed by atoms with E-state index in [1.165, 1.54) is 6.92 Å². The van der Waals surface area contributed by atoms with Crippen molar-refractivity contribution in [2.75, 3.05) is 11.5 Å². The van der Waals surface area contributed by atoms with Gasteiger partial charge in [0, 0.05) is 16.6 Å². The van der Waals surface area contributed by atoms with Gasteiger partial charge in [0.25, 0.3) is 0 Å². The first-order chi connectivity index (χ1) is 7.38. The first kappa shape index (κ1) is 15.3. The molecule has 5 heteroatoms. The summed E-state index contributed by atoms with van der Waals surface area (Å²) in [5, 5.41) is 2.62. The molecule has 0 rings (SSSR count). The van der Waals surface area contributed by atoms with Crippen LogP contribution in [-0.4, -0.2) is 33.4 Å². The molecule has 94 valence electrons. The van der Waals surface area contributed by atoms with Crippen LogP contribution in [0.3, 0.4) is 0 Å². The van der Waals surface area contributed by atoms with Crippen LogP contribution in [0, 0.1) is 5.92 Å². The first-order valence-electron chi connectivity index (χ1n) is 5.53. The molecule has 0 aliphatic heterocycles. The van der Waals surface area contributed by atoms with Gasteiger partial charge in [-0.25, -0.2) is 0 Å². The minimum Gasteiger partial charge on any atom is -0.345 e. The predicted octanol–water partition coefficient (Wildman–Crippen LogP) is 0.875. The Morgan fingerprint density at radius 3 is 2.25 bits per heavy atom. The molecule has 0 aromatic carbocycles. The second-order valence-electron chi connectivity index (χ2n) is 4.19. The van der Waals surface area contributed by atoms with E-state index in [1.54, 1.807) is 0 Å². The van der Waals surface area contributed by atoms with Crippen LogP contribution in [-0.2, 0) is 20.4 Å². The number of hydrogen-bond donors (Lipinski definition) is 1. The molecule has 2 unspecified atom stereocenters. The molecule has 0 spiro atoms. The summed E-state index contributed by atoms with van der Waals surface area (Å²) in [7, 11) is -1.12. The minimum absolute atomic E-state index is 0.00958. The fourth-order valence-corrected chi connectivity index (χ4v) is 2.37. The number of carbonyl (C=O) groups is 2. The molecule has 0 saturated carbocycles. The van der Waals surface area contributed by atoms with Crippen LogP contribution in [0.15, 0.2) is 0 Å². The van der Waals surface area contributed by atoms with Crippen LogP contribution in [0.5, 0.6) is 0 Å². The van der Waals surface area contributed by atoms with Crippen LogP contribution in [0.4, 0.5) is 0 Å². The van der Waals surface area contributed by atoms with E-state index >= 15 is 0 Å². The van der Waals surface area contributed by atoms with Crippen molar-refractivity contribution in [2.45, 2.75) is 40.2 Å². The number of hydrogen-bond acceptors (Lipinski definition) is 3. The van der Waals surface area contributed by atoms with E-state index in [0.717, 1.165) is 6.42 Å². The zero-order chi connectivity index (χ0) is 12.7. The average molecular weight is 247 g/mol. The number of Topliss-reactive ketones (excluding diaryl/α,β-unsaturated/α-hetero) is 1. The molecule has 0 saturated heterocycles. The molecule has 0 fully saturated rings. The summed E-state index contributed by atoms with van der Waals surface area (Å²) in [6, 6.07) is -0.467. The third-order valence-corrected chi connectivity index (χ3v) is 3.59. The molecule has 4 nitrogen and oxygen atoms in total. The van der Waals surface area contributed by atoms with Crippen molar-refractivity contribution < 1.29 is 13.8 Å². The van der Waals surface area contributed by atoms with Gasteiger partial charge < -0.3 is 5.32 Å². The molecule has 1 amide bonds. The Morgan fingerprint density at radius 2 is 1.88 bits per heavy atom. The van der Waals surface area contributed by atoms with E-state index < -0.39 is 16.8 Å². The smallest absolute Gasteiger partial charge is 0.233 e. The fraction of sp³-hybridized carbons (Fsp3) is 0.818. The van der Waals surface area contributed by atoms with Crippen LogP contribution in [0.1, 0.15) is 34.1 Å². The summed E-state index contributed by atoms with van der Waals surface area (Å²) in [5.41, 5.74) is 0. The highest BCUT2D eigenvalue weighted by atomic mass is 32.2.